The average molecular weight is 417 g/mol. The molecule has 0 amide bonds. The van der Waals surface area contributed by atoms with E-state index >= 15 is 0 Å². The van der Waals surface area contributed by atoms with Crippen molar-refractivity contribution < 1.29 is 0 Å². The maximum absolute atomic E-state index is 3.70. The number of benzene rings is 1. The molecule has 1 unspecified atom stereocenters. The van der Waals surface area contributed by atoms with Gasteiger partial charge < -0.3 is 5.32 Å². The highest BCUT2D eigenvalue weighted by Gasteiger charge is 2.16. The number of halogens is 2. The summed E-state index contributed by atoms with van der Waals surface area (Å²) in [6, 6.07) is 9.04. The lowest BCUT2D eigenvalue weighted by Gasteiger charge is -2.20. The summed E-state index contributed by atoms with van der Waals surface area (Å²) in [6.45, 7) is 5.39. The van der Waals surface area contributed by atoms with Gasteiger partial charge in [0.2, 0.25) is 0 Å². The van der Waals surface area contributed by atoms with E-state index in [2.05, 4.69) is 80.7 Å². The van der Waals surface area contributed by atoms with Gasteiger partial charge in [0.25, 0.3) is 0 Å². The molecule has 1 nitrogen and oxygen atoms in total. The number of hydrogen-bond donors (Lipinski definition) is 1. The minimum absolute atomic E-state index is 0.346. The van der Waals surface area contributed by atoms with Gasteiger partial charge in [0.1, 0.15) is 0 Å². The van der Waals surface area contributed by atoms with Crippen molar-refractivity contribution in [3.63, 3.8) is 0 Å². The van der Waals surface area contributed by atoms with Gasteiger partial charge in [0.05, 0.1) is 0 Å². The fourth-order valence-corrected chi connectivity index (χ4v) is 4.28. The molecule has 0 bridgehead atoms. The molecule has 2 aromatic rings. The molecule has 1 aromatic heterocycles. The summed E-state index contributed by atoms with van der Waals surface area (Å²) in [6.07, 6.45) is 2.16. The fourth-order valence-electron chi connectivity index (χ4n) is 2.20. The van der Waals surface area contributed by atoms with E-state index in [1.165, 1.54) is 24.9 Å². The Kier molecular flexibility index (Phi) is 6.27. The maximum Gasteiger partial charge on any atom is 0.0380 e. The van der Waals surface area contributed by atoms with Crippen LogP contribution >= 0.6 is 43.2 Å². The number of aryl methyl sites for hydroxylation is 1. The Labute approximate surface area is 142 Å². The van der Waals surface area contributed by atoms with Crippen LogP contribution in [0.25, 0.3) is 0 Å². The van der Waals surface area contributed by atoms with E-state index in [0.717, 1.165) is 19.4 Å². The van der Waals surface area contributed by atoms with Crippen LogP contribution in [-0.4, -0.2) is 6.54 Å². The van der Waals surface area contributed by atoms with E-state index in [1.807, 2.05) is 11.3 Å². The molecular formula is C16H19Br2NS. The quantitative estimate of drug-likeness (QED) is 0.621. The first-order valence-electron chi connectivity index (χ1n) is 6.83. The summed E-state index contributed by atoms with van der Waals surface area (Å²) in [4.78, 5) is 1.40. The smallest absolute Gasteiger partial charge is 0.0380 e. The third-order valence-corrected chi connectivity index (χ3v) is 5.92. The molecule has 0 aliphatic heterocycles. The van der Waals surface area contributed by atoms with Gasteiger partial charge in [-0.3, -0.25) is 0 Å². The highest BCUT2D eigenvalue weighted by atomic mass is 79.9. The van der Waals surface area contributed by atoms with Crippen LogP contribution < -0.4 is 5.32 Å². The van der Waals surface area contributed by atoms with Crippen LogP contribution in [0.15, 0.2) is 38.6 Å². The molecular weight excluding hydrogens is 398 g/mol. The summed E-state index contributed by atoms with van der Waals surface area (Å²) in [5.41, 5.74) is 2.65. The molecule has 1 atom stereocenters. The van der Waals surface area contributed by atoms with E-state index in [4.69, 9.17) is 0 Å². The van der Waals surface area contributed by atoms with Gasteiger partial charge in [0, 0.05) is 26.3 Å². The Bertz CT molecular complexity index is 565. The molecule has 0 spiro atoms. The predicted molar refractivity (Wildman–Crippen MR) is 95.6 cm³/mol. The Morgan fingerprint density at radius 3 is 2.65 bits per heavy atom. The van der Waals surface area contributed by atoms with Gasteiger partial charge in [-0.1, -0.05) is 40.5 Å². The fraction of sp³-hybridized carbons (Fsp3) is 0.375. The molecule has 0 radical (unpaired) electrons. The number of rotatable bonds is 6. The predicted octanol–water partition coefficient (Wildman–Crippen LogP) is 5.86. The molecule has 0 saturated heterocycles. The van der Waals surface area contributed by atoms with Crippen molar-refractivity contribution in [3.8, 4) is 0 Å². The van der Waals surface area contributed by atoms with Gasteiger partial charge in [-0.05, 0) is 58.9 Å². The number of nitrogens with one attached hydrogen (secondary N) is 1. The lowest BCUT2D eigenvalue weighted by molar-refractivity contribution is 0.530. The molecule has 20 heavy (non-hydrogen) atoms. The molecule has 0 aliphatic rings. The monoisotopic (exact) mass is 415 g/mol. The zero-order chi connectivity index (χ0) is 14.5. The van der Waals surface area contributed by atoms with E-state index < -0.39 is 0 Å². The van der Waals surface area contributed by atoms with E-state index in [1.54, 1.807) is 0 Å². The highest BCUT2D eigenvalue weighted by molar-refractivity contribution is 9.10. The summed E-state index contributed by atoms with van der Waals surface area (Å²) < 4.78 is 2.40. The van der Waals surface area contributed by atoms with Crippen molar-refractivity contribution in [3.05, 3.63) is 54.6 Å². The Balaban J connectivity index is 2.27. The summed E-state index contributed by atoms with van der Waals surface area (Å²) >= 11 is 9.15. The van der Waals surface area contributed by atoms with Gasteiger partial charge in [-0.2, -0.15) is 0 Å². The van der Waals surface area contributed by atoms with Crippen LogP contribution in [-0.2, 0) is 6.42 Å². The van der Waals surface area contributed by atoms with Crippen LogP contribution in [0.5, 0.6) is 0 Å². The van der Waals surface area contributed by atoms with Crippen LogP contribution in [0, 0.1) is 6.92 Å². The van der Waals surface area contributed by atoms with Crippen molar-refractivity contribution in [2.45, 2.75) is 32.7 Å². The Morgan fingerprint density at radius 2 is 2.00 bits per heavy atom. The molecule has 2 rings (SSSR count). The largest absolute Gasteiger partial charge is 0.310 e. The Hall–Kier alpha value is -0.160. The van der Waals surface area contributed by atoms with Gasteiger partial charge in [0.15, 0.2) is 0 Å². The van der Waals surface area contributed by atoms with Crippen molar-refractivity contribution >= 4 is 43.2 Å². The third-order valence-electron chi connectivity index (χ3n) is 3.25. The topological polar surface area (TPSA) is 12.0 Å². The normalized spacial score (nSPS) is 12.6. The zero-order valence-corrected chi connectivity index (χ0v) is 15.7. The Morgan fingerprint density at radius 1 is 1.20 bits per heavy atom. The van der Waals surface area contributed by atoms with Crippen molar-refractivity contribution in [2.75, 3.05) is 6.54 Å². The second kappa shape index (κ2) is 7.74. The number of thiophene rings is 1. The van der Waals surface area contributed by atoms with Crippen LogP contribution in [0.1, 0.15) is 35.4 Å². The van der Waals surface area contributed by atoms with Gasteiger partial charge in [-0.25, -0.2) is 0 Å². The molecule has 108 valence electrons. The molecule has 0 fully saturated rings. The summed E-state index contributed by atoms with van der Waals surface area (Å²) in [5, 5.41) is 5.82. The van der Waals surface area contributed by atoms with E-state index in [-0.39, 0.29) is 0 Å². The average Bonchev–Trinajstić information content (AvgIpc) is 2.83. The molecule has 1 heterocycles. The van der Waals surface area contributed by atoms with E-state index in [0.29, 0.717) is 6.04 Å². The first kappa shape index (κ1) is 16.2. The molecule has 0 aliphatic carbocycles. The SMILES string of the molecule is CCCNC(Cc1sccc1Br)c1cc(C)ccc1Br. The minimum atomic E-state index is 0.346. The summed E-state index contributed by atoms with van der Waals surface area (Å²) in [5.74, 6) is 0. The number of hydrogen-bond acceptors (Lipinski definition) is 2. The summed E-state index contributed by atoms with van der Waals surface area (Å²) in [7, 11) is 0. The van der Waals surface area contributed by atoms with Crippen LogP contribution in [0.2, 0.25) is 0 Å². The first-order valence-corrected chi connectivity index (χ1v) is 9.29. The van der Waals surface area contributed by atoms with E-state index in [9.17, 15) is 0 Å². The van der Waals surface area contributed by atoms with Gasteiger partial charge >= 0.3 is 0 Å². The zero-order valence-electron chi connectivity index (χ0n) is 11.7. The standard InChI is InChI=1S/C16H19Br2NS/c1-3-7-19-15(10-16-14(18)6-8-20-16)12-9-11(2)4-5-13(12)17/h4-6,8-9,15,19H,3,7,10H2,1-2H3. The van der Waals surface area contributed by atoms with Crippen LogP contribution in [0.3, 0.4) is 0 Å². The van der Waals surface area contributed by atoms with Crippen molar-refractivity contribution in [1.29, 1.82) is 0 Å². The first-order chi connectivity index (χ1) is 9.61. The second-order valence-electron chi connectivity index (χ2n) is 4.93. The highest BCUT2D eigenvalue weighted by Crippen LogP contribution is 2.31. The molecule has 1 N–H and O–H groups in total. The molecule has 0 saturated carbocycles. The molecule has 1 aromatic carbocycles. The molecule has 4 heteroatoms. The lowest BCUT2D eigenvalue weighted by Crippen LogP contribution is -2.24. The van der Waals surface area contributed by atoms with Crippen LogP contribution in [0.4, 0.5) is 0 Å². The lowest BCUT2D eigenvalue weighted by atomic mass is 10.0. The van der Waals surface area contributed by atoms with Crippen molar-refractivity contribution in [2.24, 2.45) is 0 Å². The van der Waals surface area contributed by atoms with Gasteiger partial charge in [-0.15, -0.1) is 11.3 Å². The van der Waals surface area contributed by atoms with Crippen molar-refractivity contribution in [1.82, 2.24) is 5.32 Å². The second-order valence-corrected chi connectivity index (χ2v) is 7.64. The minimum Gasteiger partial charge on any atom is -0.310 e. The maximum atomic E-state index is 3.70. The third kappa shape index (κ3) is 4.17.